The molecule has 7 heteroatoms. The van der Waals surface area contributed by atoms with Crippen molar-refractivity contribution >= 4 is 28.8 Å². The number of aldehydes is 1. The van der Waals surface area contributed by atoms with Gasteiger partial charge in [0, 0.05) is 37.3 Å². The van der Waals surface area contributed by atoms with Crippen LogP contribution in [0, 0.1) is 13.8 Å². The maximum Gasteiger partial charge on any atom is 0.256 e. The summed E-state index contributed by atoms with van der Waals surface area (Å²) < 4.78 is 5.37. The van der Waals surface area contributed by atoms with Crippen LogP contribution in [0.15, 0.2) is 40.9 Å². The van der Waals surface area contributed by atoms with Crippen molar-refractivity contribution in [3.05, 3.63) is 58.8 Å². The van der Waals surface area contributed by atoms with E-state index < -0.39 is 0 Å². The number of aryl methyl sites for hydroxylation is 2. The molecule has 0 aliphatic carbocycles. The van der Waals surface area contributed by atoms with Crippen molar-refractivity contribution in [1.29, 1.82) is 0 Å². The number of carbonyl (C=O) groups is 2. The number of hydrazine groups is 1. The van der Waals surface area contributed by atoms with E-state index in [1.807, 2.05) is 43.1 Å². The van der Waals surface area contributed by atoms with E-state index in [-0.39, 0.29) is 19.0 Å². The summed E-state index contributed by atoms with van der Waals surface area (Å²) in [6.07, 6.45) is 0.814. The third-order valence-corrected chi connectivity index (χ3v) is 5.54. The SMILES string of the molecule is Cc1cc2c(C)noc2cc1N(CC=O)CC(=O)N(C)N1Cc2ccccc2C1. The lowest BCUT2D eigenvalue weighted by atomic mass is 10.1. The summed E-state index contributed by atoms with van der Waals surface area (Å²) in [4.78, 5) is 26.1. The minimum Gasteiger partial charge on any atom is -0.356 e. The zero-order chi connectivity index (χ0) is 20.5. The van der Waals surface area contributed by atoms with Crippen LogP contribution in [0.2, 0.25) is 0 Å². The van der Waals surface area contributed by atoms with Crippen LogP contribution in [-0.4, -0.2) is 47.5 Å². The highest BCUT2D eigenvalue weighted by Gasteiger charge is 2.26. The van der Waals surface area contributed by atoms with E-state index in [2.05, 4.69) is 17.3 Å². The number of rotatable bonds is 6. The van der Waals surface area contributed by atoms with Gasteiger partial charge in [0.05, 0.1) is 18.8 Å². The van der Waals surface area contributed by atoms with Crippen molar-refractivity contribution in [2.24, 2.45) is 0 Å². The molecule has 7 nitrogen and oxygen atoms in total. The first kappa shape index (κ1) is 19.1. The Bertz CT molecular complexity index is 1050. The molecule has 0 radical (unpaired) electrons. The smallest absolute Gasteiger partial charge is 0.256 e. The highest BCUT2D eigenvalue weighted by Crippen LogP contribution is 2.29. The van der Waals surface area contributed by atoms with Crippen LogP contribution < -0.4 is 4.90 Å². The molecular weight excluding hydrogens is 368 g/mol. The number of hydrogen-bond donors (Lipinski definition) is 0. The van der Waals surface area contributed by atoms with Gasteiger partial charge in [-0.1, -0.05) is 29.4 Å². The fourth-order valence-corrected chi connectivity index (χ4v) is 3.83. The van der Waals surface area contributed by atoms with Gasteiger partial charge in [0.25, 0.3) is 5.91 Å². The molecule has 0 bridgehead atoms. The summed E-state index contributed by atoms with van der Waals surface area (Å²) in [6.45, 7) is 5.48. The van der Waals surface area contributed by atoms with Gasteiger partial charge in [0.2, 0.25) is 0 Å². The van der Waals surface area contributed by atoms with E-state index in [4.69, 9.17) is 4.52 Å². The summed E-state index contributed by atoms with van der Waals surface area (Å²) in [5, 5.41) is 8.61. The van der Waals surface area contributed by atoms with Gasteiger partial charge in [-0.25, -0.2) is 5.01 Å². The van der Waals surface area contributed by atoms with Crippen molar-refractivity contribution in [2.45, 2.75) is 26.9 Å². The molecule has 1 aromatic heterocycles. The summed E-state index contributed by atoms with van der Waals surface area (Å²) in [5.74, 6) is -0.0760. The Morgan fingerprint density at radius 2 is 1.90 bits per heavy atom. The number of benzene rings is 2. The van der Waals surface area contributed by atoms with Gasteiger partial charge < -0.3 is 14.2 Å². The van der Waals surface area contributed by atoms with Crippen LogP contribution in [0.1, 0.15) is 22.4 Å². The fraction of sp³-hybridized carbons (Fsp3) is 0.318. The normalized spacial score (nSPS) is 13.5. The summed E-state index contributed by atoms with van der Waals surface area (Å²) >= 11 is 0. The molecule has 0 N–H and O–H groups in total. The van der Waals surface area contributed by atoms with E-state index >= 15 is 0 Å². The first-order valence-corrected chi connectivity index (χ1v) is 9.61. The van der Waals surface area contributed by atoms with Crippen LogP contribution >= 0.6 is 0 Å². The second-order valence-corrected chi connectivity index (χ2v) is 7.46. The van der Waals surface area contributed by atoms with Crippen LogP contribution in [0.3, 0.4) is 0 Å². The quantitative estimate of drug-likeness (QED) is 0.601. The molecule has 1 aliphatic heterocycles. The number of anilines is 1. The molecule has 0 fully saturated rings. The molecule has 2 aromatic carbocycles. The van der Waals surface area contributed by atoms with Crippen molar-refractivity contribution in [3.8, 4) is 0 Å². The minimum absolute atomic E-state index is 0.0760. The predicted molar refractivity (Wildman–Crippen MR) is 110 cm³/mol. The monoisotopic (exact) mass is 392 g/mol. The lowest BCUT2D eigenvalue weighted by Crippen LogP contribution is -2.46. The molecule has 4 rings (SSSR count). The van der Waals surface area contributed by atoms with Crippen molar-refractivity contribution in [1.82, 2.24) is 15.2 Å². The maximum absolute atomic E-state index is 13.0. The lowest BCUT2D eigenvalue weighted by molar-refractivity contribution is -0.145. The second kappa shape index (κ2) is 7.67. The van der Waals surface area contributed by atoms with Crippen LogP contribution in [-0.2, 0) is 22.7 Å². The average molecular weight is 392 g/mol. The van der Waals surface area contributed by atoms with Crippen molar-refractivity contribution in [3.63, 3.8) is 0 Å². The Kier molecular flexibility index (Phi) is 5.07. The zero-order valence-electron chi connectivity index (χ0n) is 16.9. The number of nitrogens with zero attached hydrogens (tertiary/aromatic N) is 4. The number of fused-ring (bicyclic) bond motifs is 2. The highest BCUT2D eigenvalue weighted by molar-refractivity contribution is 5.88. The molecule has 0 saturated heterocycles. The van der Waals surface area contributed by atoms with Gasteiger partial charge in [0.1, 0.15) is 6.29 Å². The van der Waals surface area contributed by atoms with Crippen LogP contribution in [0.5, 0.6) is 0 Å². The first-order valence-electron chi connectivity index (χ1n) is 9.61. The van der Waals surface area contributed by atoms with E-state index in [1.54, 1.807) is 17.0 Å². The standard InChI is InChI=1S/C22H24N4O3/c1-15-10-19-16(2)23-29-21(19)11-20(15)25(8-9-27)14-22(28)24(3)26-12-17-6-4-5-7-18(17)13-26/h4-7,9-11H,8,12-14H2,1-3H3. The zero-order valence-corrected chi connectivity index (χ0v) is 16.9. The molecule has 0 spiro atoms. The molecule has 2 heterocycles. The summed E-state index contributed by atoms with van der Waals surface area (Å²) in [5.41, 5.74) is 5.70. The van der Waals surface area contributed by atoms with Gasteiger partial charge in [-0.3, -0.25) is 9.80 Å². The van der Waals surface area contributed by atoms with Gasteiger partial charge >= 0.3 is 0 Å². The molecule has 0 saturated carbocycles. The molecular formula is C22H24N4O3. The number of hydrogen-bond acceptors (Lipinski definition) is 6. The van der Waals surface area contributed by atoms with Gasteiger partial charge in [-0.15, -0.1) is 0 Å². The molecule has 29 heavy (non-hydrogen) atoms. The van der Waals surface area contributed by atoms with E-state index in [0.717, 1.165) is 28.6 Å². The van der Waals surface area contributed by atoms with Crippen LogP contribution in [0.25, 0.3) is 11.0 Å². The van der Waals surface area contributed by atoms with Gasteiger partial charge in [-0.05, 0) is 36.6 Å². The largest absolute Gasteiger partial charge is 0.356 e. The molecule has 3 aromatic rings. The number of likely N-dealkylation sites (N-methyl/N-ethyl adjacent to an activating group) is 1. The van der Waals surface area contributed by atoms with Crippen molar-refractivity contribution in [2.75, 3.05) is 25.0 Å². The van der Waals surface area contributed by atoms with Gasteiger partial charge in [0.15, 0.2) is 5.58 Å². The fourth-order valence-electron chi connectivity index (χ4n) is 3.83. The average Bonchev–Trinajstić information content (AvgIpc) is 3.30. The molecule has 0 atom stereocenters. The molecule has 150 valence electrons. The highest BCUT2D eigenvalue weighted by atomic mass is 16.5. The Hall–Kier alpha value is -3.19. The topological polar surface area (TPSA) is 69.9 Å². The molecule has 1 aliphatic rings. The summed E-state index contributed by atoms with van der Waals surface area (Å²) in [6, 6.07) is 12.0. The van der Waals surface area contributed by atoms with Crippen LogP contribution in [0.4, 0.5) is 5.69 Å². The molecule has 0 unspecified atom stereocenters. The number of amides is 1. The number of carbonyl (C=O) groups excluding carboxylic acids is 2. The Morgan fingerprint density at radius 1 is 1.21 bits per heavy atom. The van der Waals surface area contributed by atoms with E-state index in [0.29, 0.717) is 18.7 Å². The third kappa shape index (κ3) is 3.61. The third-order valence-electron chi connectivity index (χ3n) is 5.54. The second-order valence-electron chi connectivity index (χ2n) is 7.46. The number of aromatic nitrogens is 1. The van der Waals surface area contributed by atoms with E-state index in [1.165, 1.54) is 11.1 Å². The Labute approximate surface area is 169 Å². The predicted octanol–water partition coefficient (Wildman–Crippen LogP) is 2.84. The Balaban J connectivity index is 1.53. The van der Waals surface area contributed by atoms with Gasteiger partial charge in [-0.2, -0.15) is 0 Å². The minimum atomic E-state index is -0.0760. The Morgan fingerprint density at radius 3 is 2.55 bits per heavy atom. The van der Waals surface area contributed by atoms with E-state index in [9.17, 15) is 9.59 Å². The first-order chi connectivity index (χ1) is 14.0. The lowest BCUT2D eigenvalue weighted by Gasteiger charge is -2.31. The summed E-state index contributed by atoms with van der Waals surface area (Å²) in [7, 11) is 1.78. The van der Waals surface area contributed by atoms with Crippen molar-refractivity contribution < 1.29 is 14.1 Å². The maximum atomic E-state index is 13.0. The molecule has 1 amide bonds.